The molecule has 2 heterocycles. The first kappa shape index (κ1) is 26.2. The summed E-state index contributed by atoms with van der Waals surface area (Å²) >= 11 is 5.98. The topological polar surface area (TPSA) is 79.8 Å². The van der Waals surface area contributed by atoms with Crippen molar-refractivity contribution >= 4 is 38.2 Å². The van der Waals surface area contributed by atoms with E-state index in [0.29, 0.717) is 40.5 Å². The number of ether oxygens (including phenoxy) is 1. The molecule has 0 spiro atoms. The number of hydrogen-bond acceptors (Lipinski definition) is 6. The molecule has 9 heteroatoms. The second kappa shape index (κ2) is 11.1. The van der Waals surface area contributed by atoms with Crippen molar-refractivity contribution in [2.45, 2.75) is 17.2 Å². The average molecular weight is 550 g/mol. The van der Waals surface area contributed by atoms with Gasteiger partial charge in [-0.1, -0.05) is 48.0 Å². The molecule has 0 N–H and O–H groups in total. The van der Waals surface area contributed by atoms with E-state index in [1.165, 1.54) is 12.7 Å². The van der Waals surface area contributed by atoms with Crippen molar-refractivity contribution in [1.82, 2.24) is 14.8 Å². The second-order valence-corrected chi connectivity index (χ2v) is 11.7. The molecule has 3 aromatic carbocycles. The molecule has 7 nitrogen and oxygen atoms in total. The number of pyridine rings is 1. The fourth-order valence-corrected chi connectivity index (χ4v) is 6.43. The molecular formula is C29H28ClN3O4S. The Balaban J connectivity index is 1.28. The van der Waals surface area contributed by atoms with Gasteiger partial charge >= 0.3 is 0 Å². The molecule has 0 bridgehead atoms. The van der Waals surface area contributed by atoms with Crippen LogP contribution in [0.15, 0.2) is 83.9 Å². The van der Waals surface area contributed by atoms with Crippen molar-refractivity contribution in [2.24, 2.45) is 0 Å². The first-order chi connectivity index (χ1) is 18.3. The van der Waals surface area contributed by atoms with E-state index < -0.39 is 9.84 Å². The van der Waals surface area contributed by atoms with E-state index in [4.69, 9.17) is 16.3 Å². The van der Waals surface area contributed by atoms with Crippen molar-refractivity contribution in [2.75, 3.05) is 33.3 Å². The highest BCUT2D eigenvalue weighted by atomic mass is 35.5. The number of amides is 1. The Kier molecular flexibility index (Phi) is 7.65. The lowest BCUT2D eigenvalue weighted by molar-refractivity contribution is 0.0628. The lowest BCUT2D eigenvalue weighted by atomic mass is 10.1. The summed E-state index contributed by atoms with van der Waals surface area (Å²) < 4.78 is 32.2. The number of rotatable bonds is 7. The predicted molar refractivity (Wildman–Crippen MR) is 148 cm³/mol. The summed E-state index contributed by atoms with van der Waals surface area (Å²) in [5.41, 5.74) is 2.59. The predicted octanol–water partition coefficient (Wildman–Crippen LogP) is 4.83. The minimum atomic E-state index is -3.71. The van der Waals surface area contributed by atoms with E-state index >= 15 is 0 Å². The van der Waals surface area contributed by atoms with Gasteiger partial charge in [0.25, 0.3) is 5.91 Å². The molecule has 1 saturated heterocycles. The fraction of sp³-hybridized carbons (Fsp3) is 0.241. The third kappa shape index (κ3) is 5.67. The minimum Gasteiger partial charge on any atom is -0.496 e. The van der Waals surface area contributed by atoms with Gasteiger partial charge < -0.3 is 9.64 Å². The molecule has 1 aromatic heterocycles. The van der Waals surface area contributed by atoms with Crippen LogP contribution in [0, 0.1) is 0 Å². The average Bonchev–Trinajstić information content (AvgIpc) is 2.94. The molecule has 5 rings (SSSR count). The number of nitrogens with zero attached hydrogens (tertiary/aromatic N) is 3. The maximum absolute atomic E-state index is 13.3. The Morgan fingerprint density at radius 1 is 0.974 bits per heavy atom. The van der Waals surface area contributed by atoms with E-state index in [-0.39, 0.29) is 16.6 Å². The molecule has 0 atom stereocenters. The standard InChI is InChI=1S/C29H28ClN3O4S/c1-37-26-18-23(29(34)33-16-14-32(15-17-33)19-21-7-11-25(30)12-8-21)9-10-24(26)20-38(35,36)27-6-2-4-22-5-3-13-31-28(22)27/h2-13,18H,14-17,19-20H2,1H3. The van der Waals surface area contributed by atoms with Gasteiger partial charge in [-0.3, -0.25) is 14.7 Å². The molecule has 0 saturated carbocycles. The Bertz CT molecular complexity index is 1560. The number of halogens is 1. The largest absolute Gasteiger partial charge is 0.496 e. The highest BCUT2D eigenvalue weighted by Crippen LogP contribution is 2.29. The normalized spacial score (nSPS) is 14.5. The summed E-state index contributed by atoms with van der Waals surface area (Å²) in [6.07, 6.45) is 1.58. The summed E-state index contributed by atoms with van der Waals surface area (Å²) in [4.78, 5) is 21.8. The first-order valence-corrected chi connectivity index (χ1v) is 14.4. The maximum Gasteiger partial charge on any atom is 0.254 e. The summed E-state index contributed by atoms with van der Waals surface area (Å²) in [7, 11) is -2.23. The van der Waals surface area contributed by atoms with Crippen molar-refractivity contribution in [1.29, 1.82) is 0 Å². The van der Waals surface area contributed by atoms with E-state index in [9.17, 15) is 13.2 Å². The van der Waals surface area contributed by atoms with Crippen molar-refractivity contribution in [3.05, 3.63) is 101 Å². The molecule has 38 heavy (non-hydrogen) atoms. The summed E-state index contributed by atoms with van der Waals surface area (Å²) in [6, 6.07) is 21.5. The van der Waals surface area contributed by atoms with Crippen LogP contribution in [0.25, 0.3) is 10.9 Å². The third-order valence-corrected chi connectivity index (χ3v) is 8.73. The monoisotopic (exact) mass is 549 g/mol. The molecule has 1 aliphatic rings. The minimum absolute atomic E-state index is 0.0953. The third-order valence-electron chi connectivity index (χ3n) is 6.79. The molecule has 4 aromatic rings. The fourth-order valence-electron chi connectivity index (χ4n) is 4.75. The maximum atomic E-state index is 13.3. The van der Waals surface area contributed by atoms with Crippen LogP contribution in [0.4, 0.5) is 0 Å². The Labute approximate surface area is 227 Å². The highest BCUT2D eigenvalue weighted by Gasteiger charge is 2.25. The number of benzene rings is 3. The van der Waals surface area contributed by atoms with Crippen LogP contribution in [-0.2, 0) is 22.1 Å². The number of fused-ring (bicyclic) bond motifs is 1. The number of piperazine rings is 1. The van der Waals surface area contributed by atoms with Crippen molar-refractivity contribution < 1.29 is 17.9 Å². The molecule has 1 amide bonds. The second-order valence-electron chi connectivity index (χ2n) is 9.31. The van der Waals surface area contributed by atoms with E-state index in [2.05, 4.69) is 9.88 Å². The molecular weight excluding hydrogens is 522 g/mol. The van der Waals surface area contributed by atoms with E-state index in [1.54, 1.807) is 42.6 Å². The summed E-state index contributed by atoms with van der Waals surface area (Å²) in [5, 5.41) is 1.48. The number of aromatic nitrogens is 1. The van der Waals surface area contributed by atoms with E-state index in [0.717, 1.165) is 25.0 Å². The van der Waals surface area contributed by atoms with Gasteiger partial charge in [-0.2, -0.15) is 0 Å². The van der Waals surface area contributed by atoms with Gasteiger partial charge in [0, 0.05) is 60.5 Å². The smallest absolute Gasteiger partial charge is 0.254 e. The van der Waals surface area contributed by atoms with Gasteiger partial charge in [-0.15, -0.1) is 0 Å². The summed E-state index contributed by atoms with van der Waals surface area (Å²) in [5.74, 6) is 0.0140. The van der Waals surface area contributed by atoms with Crippen LogP contribution in [0.1, 0.15) is 21.5 Å². The van der Waals surface area contributed by atoms with Crippen LogP contribution < -0.4 is 4.74 Å². The molecule has 0 unspecified atom stereocenters. The Morgan fingerprint density at radius 2 is 1.71 bits per heavy atom. The molecule has 196 valence electrons. The molecule has 1 aliphatic heterocycles. The highest BCUT2D eigenvalue weighted by molar-refractivity contribution is 7.90. The van der Waals surface area contributed by atoms with Crippen LogP contribution >= 0.6 is 11.6 Å². The number of sulfone groups is 1. The van der Waals surface area contributed by atoms with Crippen LogP contribution in [0.2, 0.25) is 5.02 Å². The zero-order valence-corrected chi connectivity index (χ0v) is 22.6. The number of methoxy groups -OCH3 is 1. The van der Waals surface area contributed by atoms with E-state index in [1.807, 2.05) is 41.3 Å². The SMILES string of the molecule is COc1cc(C(=O)N2CCN(Cc3ccc(Cl)cc3)CC2)ccc1CS(=O)(=O)c1cccc2cccnc12. The zero-order chi connectivity index (χ0) is 26.7. The molecule has 0 radical (unpaired) electrons. The van der Waals surface area contributed by atoms with Crippen LogP contribution in [-0.4, -0.2) is 62.4 Å². The Hall–Kier alpha value is -3.46. The number of para-hydroxylation sites is 1. The summed E-state index contributed by atoms with van der Waals surface area (Å²) in [6.45, 7) is 3.56. The lowest BCUT2D eigenvalue weighted by Crippen LogP contribution is -2.48. The van der Waals surface area contributed by atoms with Gasteiger partial charge in [0.05, 0.1) is 23.3 Å². The lowest BCUT2D eigenvalue weighted by Gasteiger charge is -2.35. The number of carbonyl (C=O) groups is 1. The number of carbonyl (C=O) groups excluding carboxylic acids is 1. The van der Waals surface area contributed by atoms with Gasteiger partial charge in [-0.25, -0.2) is 8.42 Å². The quantitative estimate of drug-likeness (QED) is 0.328. The van der Waals surface area contributed by atoms with Crippen LogP contribution in [0.3, 0.4) is 0 Å². The van der Waals surface area contributed by atoms with Crippen molar-refractivity contribution in [3.63, 3.8) is 0 Å². The van der Waals surface area contributed by atoms with Gasteiger partial charge in [0.1, 0.15) is 5.75 Å². The van der Waals surface area contributed by atoms with Gasteiger partial charge in [0.2, 0.25) is 0 Å². The number of hydrogen-bond donors (Lipinski definition) is 0. The molecule has 0 aliphatic carbocycles. The van der Waals surface area contributed by atoms with Crippen molar-refractivity contribution in [3.8, 4) is 5.75 Å². The van der Waals surface area contributed by atoms with Gasteiger partial charge in [0.15, 0.2) is 9.84 Å². The Morgan fingerprint density at radius 3 is 2.45 bits per heavy atom. The zero-order valence-electron chi connectivity index (χ0n) is 21.0. The van der Waals surface area contributed by atoms with Gasteiger partial charge in [-0.05, 0) is 42.0 Å². The molecule has 1 fully saturated rings. The first-order valence-electron chi connectivity index (χ1n) is 12.3. The van der Waals surface area contributed by atoms with Crippen LogP contribution in [0.5, 0.6) is 5.75 Å².